The molecular formula is C7H9NO. The van der Waals surface area contributed by atoms with Crippen molar-refractivity contribution in [1.29, 1.82) is 5.41 Å². The number of nitrogens with one attached hydrogen (secondary N) is 1. The van der Waals surface area contributed by atoms with E-state index in [0.29, 0.717) is 0 Å². The molecule has 0 fully saturated rings. The molecule has 1 aromatic heterocycles. The van der Waals surface area contributed by atoms with Crippen LogP contribution in [-0.2, 0) is 6.42 Å². The third kappa shape index (κ3) is 1.72. The van der Waals surface area contributed by atoms with Gasteiger partial charge >= 0.3 is 0 Å². The average Bonchev–Trinajstić information content (AvgIpc) is 2.34. The van der Waals surface area contributed by atoms with Gasteiger partial charge in [0.05, 0.1) is 12.5 Å². The highest BCUT2D eigenvalue weighted by atomic mass is 16.3. The third-order valence-corrected chi connectivity index (χ3v) is 1.16. The highest BCUT2D eigenvalue weighted by Gasteiger charge is 1.89. The van der Waals surface area contributed by atoms with Gasteiger partial charge in [0, 0.05) is 0 Å². The SMILES string of the molecule is N=CCCc1ccoc1. The molecule has 48 valence electrons. The van der Waals surface area contributed by atoms with E-state index in [0.717, 1.165) is 12.8 Å². The lowest BCUT2D eigenvalue weighted by Crippen LogP contribution is -1.79. The molecule has 0 aliphatic rings. The largest absolute Gasteiger partial charge is 0.472 e. The summed E-state index contributed by atoms with van der Waals surface area (Å²) in [7, 11) is 0. The molecule has 0 saturated heterocycles. The summed E-state index contributed by atoms with van der Waals surface area (Å²) >= 11 is 0. The van der Waals surface area contributed by atoms with E-state index in [1.54, 1.807) is 12.5 Å². The Morgan fingerprint density at radius 2 is 2.56 bits per heavy atom. The Hall–Kier alpha value is -1.05. The van der Waals surface area contributed by atoms with E-state index in [9.17, 15) is 0 Å². The Labute approximate surface area is 54.0 Å². The Morgan fingerprint density at radius 3 is 3.11 bits per heavy atom. The topological polar surface area (TPSA) is 37.0 Å². The standard InChI is InChI=1S/C7H9NO/c8-4-1-2-7-3-5-9-6-7/h3-6,8H,1-2H2. The smallest absolute Gasteiger partial charge is 0.0934 e. The van der Waals surface area contributed by atoms with Crippen LogP contribution in [0.3, 0.4) is 0 Å². The molecule has 0 unspecified atom stereocenters. The minimum absolute atomic E-state index is 0.805. The van der Waals surface area contributed by atoms with E-state index >= 15 is 0 Å². The third-order valence-electron chi connectivity index (χ3n) is 1.16. The Bertz CT molecular complexity index is 167. The fraction of sp³-hybridized carbons (Fsp3) is 0.286. The van der Waals surface area contributed by atoms with Crippen molar-refractivity contribution in [2.24, 2.45) is 0 Å². The molecule has 0 amide bonds. The fourth-order valence-corrected chi connectivity index (χ4v) is 0.674. The van der Waals surface area contributed by atoms with Crippen LogP contribution >= 0.6 is 0 Å². The molecule has 1 aromatic rings. The summed E-state index contributed by atoms with van der Waals surface area (Å²) in [5.41, 5.74) is 1.17. The first-order chi connectivity index (χ1) is 4.43. The molecule has 1 N–H and O–H groups in total. The van der Waals surface area contributed by atoms with Gasteiger partial charge in [-0.05, 0) is 30.7 Å². The lowest BCUT2D eigenvalue weighted by molar-refractivity contribution is 0.564. The second-order valence-electron chi connectivity index (χ2n) is 1.87. The first kappa shape index (κ1) is 6.08. The molecule has 2 heteroatoms. The quantitative estimate of drug-likeness (QED) is 0.612. The molecule has 0 radical (unpaired) electrons. The molecule has 0 aliphatic heterocycles. The van der Waals surface area contributed by atoms with Gasteiger partial charge in [0.15, 0.2) is 0 Å². The van der Waals surface area contributed by atoms with Crippen LogP contribution in [0.5, 0.6) is 0 Å². The van der Waals surface area contributed by atoms with Gasteiger partial charge in [-0.2, -0.15) is 0 Å². The predicted octanol–water partition coefficient (Wildman–Crippen LogP) is 1.86. The molecule has 0 atom stereocenters. The van der Waals surface area contributed by atoms with Crippen LogP contribution in [0.2, 0.25) is 0 Å². The number of aryl methyl sites for hydroxylation is 1. The van der Waals surface area contributed by atoms with Crippen LogP contribution in [0, 0.1) is 5.41 Å². The van der Waals surface area contributed by atoms with Crippen LogP contribution in [0.25, 0.3) is 0 Å². The molecular weight excluding hydrogens is 114 g/mol. The van der Waals surface area contributed by atoms with Crippen LogP contribution in [-0.4, -0.2) is 6.21 Å². The highest BCUT2D eigenvalue weighted by molar-refractivity contribution is 5.53. The first-order valence-corrected chi connectivity index (χ1v) is 2.93. The van der Waals surface area contributed by atoms with Crippen LogP contribution in [0.4, 0.5) is 0 Å². The van der Waals surface area contributed by atoms with Gasteiger partial charge in [-0.1, -0.05) is 0 Å². The van der Waals surface area contributed by atoms with Crippen molar-refractivity contribution in [1.82, 2.24) is 0 Å². The summed E-state index contributed by atoms with van der Waals surface area (Å²) in [5.74, 6) is 0. The summed E-state index contributed by atoms with van der Waals surface area (Å²) in [6, 6.07) is 1.92. The molecule has 0 aliphatic carbocycles. The molecule has 0 saturated carbocycles. The van der Waals surface area contributed by atoms with Gasteiger partial charge in [-0.25, -0.2) is 0 Å². The lowest BCUT2D eigenvalue weighted by Gasteiger charge is -1.85. The van der Waals surface area contributed by atoms with Gasteiger partial charge in [0.2, 0.25) is 0 Å². The van der Waals surface area contributed by atoms with Crippen LogP contribution < -0.4 is 0 Å². The molecule has 0 bridgehead atoms. The Kier molecular flexibility index (Phi) is 2.07. The summed E-state index contributed by atoms with van der Waals surface area (Å²) < 4.78 is 4.84. The zero-order valence-corrected chi connectivity index (χ0v) is 5.13. The van der Waals surface area contributed by atoms with Crippen molar-refractivity contribution in [3.63, 3.8) is 0 Å². The number of furan rings is 1. The second-order valence-corrected chi connectivity index (χ2v) is 1.87. The van der Waals surface area contributed by atoms with Crippen molar-refractivity contribution < 1.29 is 4.42 Å². The van der Waals surface area contributed by atoms with E-state index in [1.165, 1.54) is 11.8 Å². The van der Waals surface area contributed by atoms with E-state index in [-0.39, 0.29) is 0 Å². The lowest BCUT2D eigenvalue weighted by atomic mass is 10.2. The number of rotatable bonds is 3. The maximum Gasteiger partial charge on any atom is 0.0934 e. The minimum atomic E-state index is 0.805. The van der Waals surface area contributed by atoms with Crippen molar-refractivity contribution in [2.75, 3.05) is 0 Å². The summed E-state index contributed by atoms with van der Waals surface area (Å²) in [4.78, 5) is 0. The Balaban J connectivity index is 2.38. The summed E-state index contributed by atoms with van der Waals surface area (Å²) in [6.45, 7) is 0. The number of hydrogen-bond donors (Lipinski definition) is 1. The highest BCUT2D eigenvalue weighted by Crippen LogP contribution is 2.01. The van der Waals surface area contributed by atoms with Gasteiger partial charge in [-0.3, -0.25) is 0 Å². The molecule has 1 rings (SSSR count). The molecule has 2 nitrogen and oxygen atoms in total. The van der Waals surface area contributed by atoms with Crippen LogP contribution in [0.15, 0.2) is 23.0 Å². The van der Waals surface area contributed by atoms with E-state index in [2.05, 4.69) is 0 Å². The maximum atomic E-state index is 6.75. The predicted molar refractivity (Wildman–Crippen MR) is 35.8 cm³/mol. The van der Waals surface area contributed by atoms with Crippen LogP contribution in [0.1, 0.15) is 12.0 Å². The van der Waals surface area contributed by atoms with Crippen molar-refractivity contribution in [3.8, 4) is 0 Å². The van der Waals surface area contributed by atoms with E-state index < -0.39 is 0 Å². The Morgan fingerprint density at radius 1 is 1.67 bits per heavy atom. The van der Waals surface area contributed by atoms with E-state index in [4.69, 9.17) is 9.83 Å². The summed E-state index contributed by atoms with van der Waals surface area (Å²) in [5, 5.41) is 6.75. The van der Waals surface area contributed by atoms with Crippen molar-refractivity contribution in [3.05, 3.63) is 24.2 Å². The zero-order chi connectivity index (χ0) is 6.53. The number of hydrogen-bond acceptors (Lipinski definition) is 2. The van der Waals surface area contributed by atoms with Crippen molar-refractivity contribution in [2.45, 2.75) is 12.8 Å². The average molecular weight is 123 g/mol. The second kappa shape index (κ2) is 3.07. The summed E-state index contributed by atoms with van der Waals surface area (Å²) in [6.07, 6.45) is 6.50. The van der Waals surface area contributed by atoms with Crippen molar-refractivity contribution >= 4 is 6.21 Å². The monoisotopic (exact) mass is 123 g/mol. The molecule has 0 aromatic carbocycles. The van der Waals surface area contributed by atoms with Gasteiger partial charge in [0.25, 0.3) is 0 Å². The normalized spacial score (nSPS) is 9.33. The van der Waals surface area contributed by atoms with Gasteiger partial charge in [0.1, 0.15) is 0 Å². The van der Waals surface area contributed by atoms with Gasteiger partial charge < -0.3 is 9.83 Å². The minimum Gasteiger partial charge on any atom is -0.472 e. The molecule has 1 heterocycles. The first-order valence-electron chi connectivity index (χ1n) is 2.93. The van der Waals surface area contributed by atoms with E-state index in [1.807, 2.05) is 6.07 Å². The van der Waals surface area contributed by atoms with Gasteiger partial charge in [-0.15, -0.1) is 0 Å². The fourth-order valence-electron chi connectivity index (χ4n) is 0.674. The zero-order valence-electron chi connectivity index (χ0n) is 5.13. The molecule has 0 spiro atoms. The maximum absolute atomic E-state index is 6.75. The molecule has 9 heavy (non-hydrogen) atoms.